The molecular formula is C16H27IN4O2. The molecule has 0 saturated heterocycles. The first-order valence-electron chi connectivity index (χ1n) is 7.50. The maximum Gasteiger partial charge on any atom is 0.239 e. The number of amides is 1. The smallest absolute Gasteiger partial charge is 0.239 e. The molecule has 1 rings (SSSR count). The van der Waals surface area contributed by atoms with E-state index in [1.54, 1.807) is 14.2 Å². The summed E-state index contributed by atoms with van der Waals surface area (Å²) in [5.74, 6) is 0.574. The minimum absolute atomic E-state index is 0. The van der Waals surface area contributed by atoms with Gasteiger partial charge < -0.3 is 20.7 Å². The van der Waals surface area contributed by atoms with Crippen LogP contribution >= 0.6 is 24.0 Å². The van der Waals surface area contributed by atoms with Crippen LogP contribution in [0.4, 0.5) is 0 Å². The summed E-state index contributed by atoms with van der Waals surface area (Å²) in [4.78, 5) is 15.8. The second-order valence-electron chi connectivity index (χ2n) is 4.78. The zero-order chi connectivity index (χ0) is 16.0. The minimum Gasteiger partial charge on any atom is -0.385 e. The van der Waals surface area contributed by atoms with Crippen LogP contribution in [0.2, 0.25) is 0 Å². The van der Waals surface area contributed by atoms with Gasteiger partial charge in [-0.05, 0) is 18.4 Å². The van der Waals surface area contributed by atoms with Crippen LogP contribution in [0.25, 0.3) is 0 Å². The van der Waals surface area contributed by atoms with E-state index in [2.05, 4.69) is 33.1 Å². The van der Waals surface area contributed by atoms with E-state index >= 15 is 0 Å². The Hall–Kier alpha value is -1.35. The van der Waals surface area contributed by atoms with Crippen molar-refractivity contribution in [2.45, 2.75) is 12.8 Å². The number of aliphatic imine (C=N–C) groups is 1. The predicted molar refractivity (Wildman–Crippen MR) is 104 cm³/mol. The molecule has 0 fully saturated rings. The molecular weight excluding hydrogens is 407 g/mol. The molecule has 0 spiro atoms. The molecule has 0 aliphatic carbocycles. The Morgan fingerprint density at radius 2 is 1.87 bits per heavy atom. The standard InChI is InChI=1S/C16H26N4O2.HI/c1-17-16(19-10-6-12-22-2)20-13-15(21)18-11-9-14-7-4-3-5-8-14;/h3-5,7-8H,6,9-13H2,1-2H3,(H,18,21)(H2,17,19,20);1H. The van der Waals surface area contributed by atoms with Gasteiger partial charge in [-0.1, -0.05) is 30.3 Å². The average Bonchev–Trinajstić information content (AvgIpc) is 2.55. The molecule has 0 unspecified atom stereocenters. The van der Waals surface area contributed by atoms with Gasteiger partial charge in [0.2, 0.25) is 5.91 Å². The fraction of sp³-hybridized carbons (Fsp3) is 0.500. The number of ether oxygens (including phenoxy) is 1. The van der Waals surface area contributed by atoms with Crippen LogP contribution in [0, 0.1) is 0 Å². The quantitative estimate of drug-likeness (QED) is 0.236. The number of hydrogen-bond donors (Lipinski definition) is 3. The second-order valence-corrected chi connectivity index (χ2v) is 4.78. The molecule has 0 heterocycles. The van der Waals surface area contributed by atoms with Crippen molar-refractivity contribution in [3.8, 4) is 0 Å². The molecule has 7 heteroatoms. The molecule has 0 atom stereocenters. The van der Waals surface area contributed by atoms with Crippen LogP contribution in [0.3, 0.4) is 0 Å². The van der Waals surface area contributed by atoms with Gasteiger partial charge >= 0.3 is 0 Å². The third kappa shape index (κ3) is 10.9. The van der Waals surface area contributed by atoms with E-state index in [-0.39, 0.29) is 36.4 Å². The van der Waals surface area contributed by atoms with E-state index in [1.807, 2.05) is 18.2 Å². The third-order valence-corrected chi connectivity index (χ3v) is 3.04. The number of carbonyl (C=O) groups excluding carboxylic acids is 1. The zero-order valence-corrected chi connectivity index (χ0v) is 16.1. The number of rotatable bonds is 9. The number of nitrogens with one attached hydrogen (secondary N) is 3. The molecule has 6 nitrogen and oxygen atoms in total. The molecule has 1 aromatic carbocycles. The normalized spacial score (nSPS) is 10.6. The van der Waals surface area contributed by atoms with E-state index in [1.165, 1.54) is 5.56 Å². The summed E-state index contributed by atoms with van der Waals surface area (Å²) in [5, 5.41) is 8.98. The number of nitrogens with zero attached hydrogens (tertiary/aromatic N) is 1. The summed E-state index contributed by atoms with van der Waals surface area (Å²) >= 11 is 0. The number of benzene rings is 1. The molecule has 23 heavy (non-hydrogen) atoms. The SMILES string of the molecule is CN=C(NCCCOC)NCC(=O)NCCc1ccccc1.I. The average molecular weight is 434 g/mol. The molecule has 0 radical (unpaired) electrons. The van der Waals surface area contributed by atoms with Crippen molar-refractivity contribution in [1.29, 1.82) is 0 Å². The minimum atomic E-state index is -0.0456. The first kappa shape index (κ1) is 21.6. The molecule has 3 N–H and O–H groups in total. The van der Waals surface area contributed by atoms with Gasteiger partial charge in [0.05, 0.1) is 6.54 Å². The highest BCUT2D eigenvalue weighted by Crippen LogP contribution is 1.97. The Kier molecular flexibility index (Phi) is 13.4. The largest absolute Gasteiger partial charge is 0.385 e. The molecule has 0 aliphatic rings. The van der Waals surface area contributed by atoms with Gasteiger partial charge in [-0.2, -0.15) is 0 Å². The van der Waals surface area contributed by atoms with E-state index in [0.717, 1.165) is 19.4 Å². The molecule has 0 bridgehead atoms. The van der Waals surface area contributed by atoms with E-state index in [9.17, 15) is 4.79 Å². The summed E-state index contributed by atoms with van der Waals surface area (Å²) in [6, 6.07) is 10.1. The van der Waals surface area contributed by atoms with Crippen LogP contribution in [-0.4, -0.2) is 52.3 Å². The van der Waals surface area contributed by atoms with Gasteiger partial charge in [0.15, 0.2) is 5.96 Å². The van der Waals surface area contributed by atoms with Crippen molar-refractivity contribution < 1.29 is 9.53 Å². The maximum absolute atomic E-state index is 11.8. The van der Waals surface area contributed by atoms with E-state index in [0.29, 0.717) is 19.1 Å². The number of methoxy groups -OCH3 is 1. The molecule has 0 saturated carbocycles. The van der Waals surface area contributed by atoms with Crippen LogP contribution < -0.4 is 16.0 Å². The van der Waals surface area contributed by atoms with Gasteiger partial charge in [0, 0.05) is 33.9 Å². The third-order valence-electron chi connectivity index (χ3n) is 3.04. The highest BCUT2D eigenvalue weighted by molar-refractivity contribution is 14.0. The summed E-state index contributed by atoms with van der Waals surface area (Å²) < 4.78 is 4.97. The van der Waals surface area contributed by atoms with Crippen molar-refractivity contribution in [1.82, 2.24) is 16.0 Å². The van der Waals surface area contributed by atoms with Gasteiger partial charge in [-0.3, -0.25) is 9.79 Å². The Balaban J connectivity index is 0.00000484. The molecule has 0 aromatic heterocycles. The lowest BCUT2D eigenvalue weighted by atomic mass is 10.1. The fourth-order valence-electron chi connectivity index (χ4n) is 1.86. The summed E-state index contributed by atoms with van der Waals surface area (Å²) in [7, 11) is 3.35. The predicted octanol–water partition coefficient (Wildman–Crippen LogP) is 1.16. The van der Waals surface area contributed by atoms with Crippen molar-refractivity contribution in [2.24, 2.45) is 4.99 Å². The summed E-state index contributed by atoms with van der Waals surface area (Å²) in [6.45, 7) is 2.29. The highest BCUT2D eigenvalue weighted by atomic mass is 127. The Labute approximate surface area is 155 Å². The van der Waals surface area contributed by atoms with Crippen molar-refractivity contribution in [3.05, 3.63) is 35.9 Å². The van der Waals surface area contributed by atoms with Crippen molar-refractivity contribution in [3.63, 3.8) is 0 Å². The monoisotopic (exact) mass is 434 g/mol. The molecule has 1 amide bonds. The topological polar surface area (TPSA) is 74.8 Å². The fourth-order valence-corrected chi connectivity index (χ4v) is 1.86. The van der Waals surface area contributed by atoms with Gasteiger partial charge in [0.25, 0.3) is 0 Å². The number of carbonyl (C=O) groups is 1. The van der Waals surface area contributed by atoms with Gasteiger partial charge in [-0.25, -0.2) is 0 Å². The molecule has 0 aliphatic heterocycles. The Bertz CT molecular complexity index is 455. The van der Waals surface area contributed by atoms with Gasteiger partial charge in [0.1, 0.15) is 0 Å². The molecule has 1 aromatic rings. The highest BCUT2D eigenvalue weighted by Gasteiger charge is 2.03. The first-order chi connectivity index (χ1) is 10.8. The number of halogens is 1. The van der Waals surface area contributed by atoms with E-state index < -0.39 is 0 Å². The second kappa shape index (κ2) is 14.3. The zero-order valence-electron chi connectivity index (χ0n) is 13.8. The Morgan fingerprint density at radius 3 is 2.52 bits per heavy atom. The van der Waals surface area contributed by atoms with Gasteiger partial charge in [-0.15, -0.1) is 24.0 Å². The van der Waals surface area contributed by atoms with E-state index in [4.69, 9.17) is 4.74 Å². The Morgan fingerprint density at radius 1 is 1.13 bits per heavy atom. The molecule has 130 valence electrons. The lowest BCUT2D eigenvalue weighted by Gasteiger charge is -2.11. The number of hydrogen-bond acceptors (Lipinski definition) is 3. The summed E-state index contributed by atoms with van der Waals surface area (Å²) in [6.07, 6.45) is 1.72. The van der Waals surface area contributed by atoms with Crippen molar-refractivity contribution >= 4 is 35.8 Å². The van der Waals surface area contributed by atoms with Crippen molar-refractivity contribution in [2.75, 3.05) is 40.4 Å². The summed E-state index contributed by atoms with van der Waals surface area (Å²) in [5.41, 5.74) is 1.21. The van der Waals surface area contributed by atoms with Crippen LogP contribution in [-0.2, 0) is 16.0 Å². The maximum atomic E-state index is 11.8. The lowest BCUT2D eigenvalue weighted by Crippen LogP contribution is -2.43. The van der Waals surface area contributed by atoms with Crippen LogP contribution in [0.5, 0.6) is 0 Å². The lowest BCUT2D eigenvalue weighted by molar-refractivity contribution is -0.119. The first-order valence-corrected chi connectivity index (χ1v) is 7.50. The van der Waals surface area contributed by atoms with Crippen LogP contribution in [0.15, 0.2) is 35.3 Å². The number of guanidine groups is 1. The van der Waals surface area contributed by atoms with Crippen LogP contribution in [0.1, 0.15) is 12.0 Å².